The largest absolute Gasteiger partial charge is 0.493 e. The van der Waals surface area contributed by atoms with Crippen LogP contribution in [0.5, 0.6) is 11.5 Å². The Morgan fingerprint density at radius 1 is 1.30 bits per heavy atom. The number of carbonyl (C=O) groups is 1. The summed E-state index contributed by atoms with van der Waals surface area (Å²) in [5.41, 5.74) is 3.83. The molecular weight excluding hydrogens is 364 g/mol. The van der Waals surface area contributed by atoms with E-state index in [9.17, 15) is 4.79 Å². The highest BCUT2D eigenvalue weighted by molar-refractivity contribution is 7.95. The molecule has 7 nitrogen and oxygen atoms in total. The van der Waals surface area contributed by atoms with Crippen molar-refractivity contribution in [3.8, 4) is 11.5 Å². The quantitative estimate of drug-likeness (QED) is 0.788. The van der Waals surface area contributed by atoms with Crippen LogP contribution < -0.4 is 14.2 Å². The summed E-state index contributed by atoms with van der Waals surface area (Å²) < 4.78 is 15.7. The van der Waals surface area contributed by atoms with E-state index in [-0.39, 0.29) is 5.91 Å². The number of rotatable bonds is 5. The predicted molar refractivity (Wildman–Crippen MR) is 105 cm³/mol. The Hall–Kier alpha value is -2.87. The van der Waals surface area contributed by atoms with Gasteiger partial charge in [0, 0.05) is 24.4 Å². The molecule has 1 N–H and O–H groups in total. The third kappa shape index (κ3) is 3.52. The minimum Gasteiger partial charge on any atom is -0.493 e. The van der Waals surface area contributed by atoms with Crippen LogP contribution >= 0.6 is 12.1 Å². The van der Waals surface area contributed by atoms with E-state index >= 15 is 0 Å². The topological polar surface area (TPSA) is 66.4 Å². The van der Waals surface area contributed by atoms with Crippen LogP contribution in [0.4, 0.5) is 0 Å². The number of hydrogen-bond acceptors (Lipinski definition) is 7. The predicted octanol–water partition coefficient (Wildman–Crippen LogP) is 2.79. The van der Waals surface area contributed by atoms with Crippen molar-refractivity contribution >= 4 is 23.8 Å². The van der Waals surface area contributed by atoms with Gasteiger partial charge in [0.25, 0.3) is 0 Å². The van der Waals surface area contributed by atoms with Gasteiger partial charge in [-0.15, -0.1) is 0 Å². The summed E-state index contributed by atoms with van der Waals surface area (Å²) in [4.78, 5) is 12.7. The standard InChI is InChI=1S/C19H20N4O3S/c1-25-17-4-3-14(11-18(17)26-2)16-6-7-22(21-16)19(24)10-13-5-8-23-15(9-13)12-20-27-23/h3-5,8-9,11-12,20H,6-7,10H2,1-2H3. The van der Waals surface area contributed by atoms with Crippen molar-refractivity contribution in [1.29, 1.82) is 0 Å². The van der Waals surface area contributed by atoms with Gasteiger partial charge in [-0.05, 0) is 35.9 Å². The molecule has 1 aromatic rings. The molecule has 0 saturated heterocycles. The maximum atomic E-state index is 12.7. The summed E-state index contributed by atoms with van der Waals surface area (Å²) in [5, 5.41) is 6.09. The van der Waals surface area contributed by atoms with E-state index in [1.54, 1.807) is 19.2 Å². The zero-order valence-electron chi connectivity index (χ0n) is 15.1. The fraction of sp³-hybridized carbons (Fsp3) is 0.263. The van der Waals surface area contributed by atoms with Gasteiger partial charge in [-0.2, -0.15) is 5.10 Å². The van der Waals surface area contributed by atoms with Crippen molar-refractivity contribution in [2.45, 2.75) is 12.8 Å². The van der Waals surface area contributed by atoms with Gasteiger partial charge >= 0.3 is 0 Å². The summed E-state index contributed by atoms with van der Waals surface area (Å²) in [6.45, 7) is 0.589. The van der Waals surface area contributed by atoms with Crippen LogP contribution in [-0.4, -0.2) is 41.7 Å². The summed E-state index contributed by atoms with van der Waals surface area (Å²) in [6.07, 6.45) is 8.90. The number of hydrogen-bond donors (Lipinski definition) is 1. The van der Waals surface area contributed by atoms with Crippen LogP contribution in [0.25, 0.3) is 0 Å². The van der Waals surface area contributed by atoms with Crippen molar-refractivity contribution < 1.29 is 14.3 Å². The van der Waals surface area contributed by atoms with Gasteiger partial charge in [0.05, 0.1) is 50.7 Å². The summed E-state index contributed by atoms with van der Waals surface area (Å²) >= 11 is 1.50. The van der Waals surface area contributed by atoms with Crippen molar-refractivity contribution in [3.05, 3.63) is 59.6 Å². The molecule has 0 atom stereocenters. The molecule has 3 aliphatic heterocycles. The van der Waals surface area contributed by atoms with Crippen molar-refractivity contribution in [2.24, 2.45) is 5.10 Å². The molecule has 3 aliphatic rings. The molecule has 0 aromatic heterocycles. The van der Waals surface area contributed by atoms with Gasteiger partial charge in [-0.1, -0.05) is 0 Å². The first-order valence-electron chi connectivity index (χ1n) is 8.59. The second-order valence-electron chi connectivity index (χ2n) is 6.20. The fourth-order valence-corrected chi connectivity index (χ4v) is 3.73. The van der Waals surface area contributed by atoms with Gasteiger partial charge < -0.3 is 14.2 Å². The minimum atomic E-state index is -0.00552. The second kappa shape index (κ2) is 7.40. The van der Waals surface area contributed by atoms with Gasteiger partial charge in [-0.25, -0.2) is 5.01 Å². The molecule has 1 amide bonds. The lowest BCUT2D eigenvalue weighted by Gasteiger charge is -2.18. The Bertz CT molecular complexity index is 891. The minimum absolute atomic E-state index is 0.00552. The van der Waals surface area contributed by atoms with E-state index in [2.05, 4.69) is 9.82 Å². The van der Waals surface area contributed by atoms with E-state index in [1.165, 1.54) is 12.1 Å². The first kappa shape index (κ1) is 17.5. The van der Waals surface area contributed by atoms with E-state index in [0.29, 0.717) is 24.5 Å². The number of carbonyl (C=O) groups excluding carboxylic acids is 1. The number of nitrogens with one attached hydrogen (secondary N) is 1. The number of methoxy groups -OCH3 is 2. The zero-order valence-corrected chi connectivity index (χ0v) is 16.0. The van der Waals surface area contributed by atoms with E-state index in [0.717, 1.165) is 29.0 Å². The Morgan fingerprint density at radius 3 is 2.96 bits per heavy atom. The number of ether oxygens (including phenoxy) is 2. The molecule has 0 bridgehead atoms. The number of allylic oxidation sites excluding steroid dienone is 2. The SMILES string of the molecule is COc1ccc(C2=NN(C(=O)CC3=CC4=CNSN4C=C3)CC2)cc1OC. The van der Waals surface area contributed by atoms with Crippen molar-refractivity contribution in [1.82, 2.24) is 14.0 Å². The molecule has 0 fully saturated rings. The average molecular weight is 384 g/mol. The number of nitrogens with zero attached hydrogens (tertiary/aromatic N) is 3. The summed E-state index contributed by atoms with van der Waals surface area (Å²) in [7, 11) is 3.21. The van der Waals surface area contributed by atoms with Gasteiger partial charge in [0.2, 0.25) is 5.91 Å². The zero-order chi connectivity index (χ0) is 18.8. The van der Waals surface area contributed by atoms with Crippen LogP contribution in [0.3, 0.4) is 0 Å². The van der Waals surface area contributed by atoms with E-state index < -0.39 is 0 Å². The van der Waals surface area contributed by atoms with Crippen LogP contribution in [0.15, 0.2) is 59.1 Å². The lowest BCUT2D eigenvalue weighted by molar-refractivity contribution is -0.129. The van der Waals surface area contributed by atoms with Crippen molar-refractivity contribution in [2.75, 3.05) is 20.8 Å². The van der Waals surface area contributed by atoms with Gasteiger partial charge in [0.15, 0.2) is 11.5 Å². The second-order valence-corrected chi connectivity index (χ2v) is 7.01. The normalized spacial score (nSPS) is 17.8. The molecule has 8 heteroatoms. The Morgan fingerprint density at radius 2 is 2.15 bits per heavy atom. The molecular formula is C19H20N4O3S. The number of hydrazone groups is 1. The monoisotopic (exact) mass is 384 g/mol. The molecule has 0 radical (unpaired) electrons. The lowest BCUT2D eigenvalue weighted by Crippen LogP contribution is -2.23. The molecule has 0 unspecified atom stereocenters. The molecule has 0 spiro atoms. The van der Waals surface area contributed by atoms with Gasteiger partial charge in [0.1, 0.15) is 0 Å². The first-order valence-corrected chi connectivity index (χ1v) is 9.36. The third-order valence-electron chi connectivity index (χ3n) is 4.53. The molecule has 140 valence electrons. The molecule has 4 rings (SSSR count). The average Bonchev–Trinajstić information content (AvgIpc) is 3.36. The number of amides is 1. The highest BCUT2D eigenvalue weighted by atomic mass is 32.2. The van der Waals surface area contributed by atoms with E-state index in [1.807, 2.05) is 47.1 Å². The van der Waals surface area contributed by atoms with Crippen LogP contribution in [-0.2, 0) is 4.79 Å². The maximum absolute atomic E-state index is 12.7. The van der Waals surface area contributed by atoms with E-state index in [4.69, 9.17) is 9.47 Å². The molecule has 3 heterocycles. The maximum Gasteiger partial charge on any atom is 0.247 e. The van der Waals surface area contributed by atoms with Crippen LogP contribution in [0.1, 0.15) is 18.4 Å². The molecule has 0 aliphatic carbocycles. The fourth-order valence-electron chi connectivity index (χ4n) is 3.11. The molecule has 0 saturated carbocycles. The third-order valence-corrected chi connectivity index (χ3v) is 5.28. The summed E-state index contributed by atoms with van der Waals surface area (Å²) in [6, 6.07) is 5.68. The molecule has 1 aromatic carbocycles. The highest BCUT2D eigenvalue weighted by Gasteiger charge is 2.24. The van der Waals surface area contributed by atoms with Crippen LogP contribution in [0, 0.1) is 0 Å². The number of benzene rings is 1. The first-order chi connectivity index (χ1) is 13.2. The Labute approximate surface area is 162 Å². The lowest BCUT2D eigenvalue weighted by atomic mass is 10.1. The van der Waals surface area contributed by atoms with Crippen molar-refractivity contribution in [3.63, 3.8) is 0 Å². The Kier molecular flexibility index (Phi) is 4.81. The number of fused-ring (bicyclic) bond motifs is 1. The smallest absolute Gasteiger partial charge is 0.247 e. The summed E-state index contributed by atoms with van der Waals surface area (Å²) in [5.74, 6) is 1.32. The van der Waals surface area contributed by atoms with Gasteiger partial charge in [-0.3, -0.25) is 9.10 Å². The van der Waals surface area contributed by atoms with Crippen LogP contribution in [0.2, 0.25) is 0 Å². The highest BCUT2D eigenvalue weighted by Crippen LogP contribution is 2.30. The molecule has 27 heavy (non-hydrogen) atoms. The Balaban J connectivity index is 1.46.